The predicted molar refractivity (Wildman–Crippen MR) is 179 cm³/mol. The molecule has 9 nitrogen and oxygen atoms in total. The molecule has 3 aliphatic heterocycles. The van der Waals surface area contributed by atoms with E-state index in [1.165, 1.54) is 70.6 Å². The Kier molecular flexibility index (Phi) is 10.8. The van der Waals surface area contributed by atoms with E-state index in [2.05, 4.69) is 6.08 Å². The van der Waals surface area contributed by atoms with Gasteiger partial charge in [0.05, 0.1) is 39.6 Å². The van der Waals surface area contributed by atoms with Crippen molar-refractivity contribution in [3.05, 3.63) is 11.6 Å². The summed E-state index contributed by atoms with van der Waals surface area (Å²) in [5.74, 6) is 0.228. The van der Waals surface area contributed by atoms with E-state index < -0.39 is 0 Å². The van der Waals surface area contributed by atoms with Crippen LogP contribution in [0, 0.1) is 28.1 Å². The van der Waals surface area contributed by atoms with Gasteiger partial charge in [-0.3, -0.25) is 4.79 Å². The third kappa shape index (κ3) is 7.64. The molecule has 0 aromatic carbocycles. The number of hydrogen-bond acceptors (Lipinski definition) is 9. The van der Waals surface area contributed by atoms with Crippen molar-refractivity contribution in [3.63, 3.8) is 0 Å². The van der Waals surface area contributed by atoms with Crippen LogP contribution in [-0.4, -0.2) is 86.7 Å². The number of rotatable bonds is 3. The molecule has 9 aliphatic rings. The van der Waals surface area contributed by atoms with Crippen molar-refractivity contribution in [2.75, 3.05) is 52.9 Å². The van der Waals surface area contributed by atoms with Crippen molar-refractivity contribution in [1.29, 1.82) is 0 Å². The van der Waals surface area contributed by atoms with Gasteiger partial charge in [0.15, 0.2) is 17.4 Å². The third-order valence-corrected chi connectivity index (χ3v) is 13.8. The Morgan fingerprint density at radius 3 is 1.42 bits per heavy atom. The average Bonchev–Trinajstić information content (AvgIpc) is 3.96. The smallest absolute Gasteiger partial charge is 0.169 e. The van der Waals surface area contributed by atoms with Gasteiger partial charge in [0.25, 0.3) is 0 Å². The summed E-state index contributed by atoms with van der Waals surface area (Å²) in [5.41, 5.74) is 1.97. The van der Waals surface area contributed by atoms with Crippen molar-refractivity contribution in [2.24, 2.45) is 28.1 Å². The molecule has 0 radical (unpaired) electrons. The van der Waals surface area contributed by atoms with Crippen molar-refractivity contribution < 1.29 is 43.4 Å². The molecule has 5 atom stereocenters. The van der Waals surface area contributed by atoms with Crippen LogP contribution in [0.4, 0.5) is 0 Å². The Labute approximate surface area is 287 Å². The molecule has 3 saturated heterocycles. The lowest BCUT2D eigenvalue weighted by molar-refractivity contribution is -0.202. The Morgan fingerprint density at radius 1 is 0.583 bits per heavy atom. The minimum absolute atomic E-state index is 0.179. The lowest BCUT2D eigenvalue weighted by Crippen LogP contribution is -2.41. The van der Waals surface area contributed by atoms with Gasteiger partial charge >= 0.3 is 0 Å². The molecule has 3 heterocycles. The highest BCUT2D eigenvalue weighted by Gasteiger charge is 2.53. The van der Waals surface area contributed by atoms with Crippen molar-refractivity contribution in [1.82, 2.24) is 0 Å². The zero-order chi connectivity index (χ0) is 33.2. The van der Waals surface area contributed by atoms with Crippen LogP contribution in [0.25, 0.3) is 0 Å². The Hall–Kier alpha value is -0.910. The lowest BCUT2D eigenvalue weighted by Gasteiger charge is -2.43. The predicted octanol–water partition coefficient (Wildman–Crippen LogP) is 6.37. The van der Waals surface area contributed by atoms with Crippen molar-refractivity contribution in [3.8, 4) is 0 Å². The maximum Gasteiger partial charge on any atom is 0.169 e. The molecule has 0 aromatic heterocycles. The number of aldehydes is 1. The number of carbonyl (C=O) groups excluding carboxylic acids is 1. The normalized spacial score (nSPS) is 40.4. The van der Waals surface area contributed by atoms with Crippen LogP contribution in [0.3, 0.4) is 0 Å². The van der Waals surface area contributed by atoms with E-state index in [-0.39, 0.29) is 22.8 Å². The van der Waals surface area contributed by atoms with E-state index in [0.717, 1.165) is 109 Å². The van der Waals surface area contributed by atoms with E-state index in [9.17, 15) is 15.0 Å². The molecule has 6 aliphatic carbocycles. The summed E-state index contributed by atoms with van der Waals surface area (Å²) in [4.78, 5) is 10.8. The molecule has 5 saturated carbocycles. The summed E-state index contributed by atoms with van der Waals surface area (Å²) < 4.78 is 35.0. The Balaban J connectivity index is 0.000000114. The van der Waals surface area contributed by atoms with Crippen LogP contribution < -0.4 is 0 Å². The number of ether oxygens (including phenoxy) is 6. The largest absolute Gasteiger partial charge is 0.396 e. The topological polar surface area (TPSA) is 113 Å². The second-order valence-corrected chi connectivity index (χ2v) is 17.2. The van der Waals surface area contributed by atoms with E-state index in [1.807, 2.05) is 0 Å². The van der Waals surface area contributed by atoms with Crippen LogP contribution in [0.1, 0.15) is 128 Å². The summed E-state index contributed by atoms with van der Waals surface area (Å²) in [7, 11) is 0. The minimum Gasteiger partial charge on any atom is -0.396 e. The first-order chi connectivity index (χ1) is 23.3. The number of aliphatic hydroxyl groups is 2. The number of carbonyl (C=O) groups is 1. The Bertz CT molecular complexity index is 1070. The van der Waals surface area contributed by atoms with E-state index in [4.69, 9.17) is 28.4 Å². The second-order valence-electron chi connectivity index (χ2n) is 17.2. The quantitative estimate of drug-likeness (QED) is 0.330. The molecule has 48 heavy (non-hydrogen) atoms. The van der Waals surface area contributed by atoms with E-state index in [0.29, 0.717) is 35.9 Å². The molecular formula is C39H62O9. The molecule has 9 heteroatoms. The molecule has 6 spiro atoms. The standard InChI is InChI=1S/2C13H22O3.C13H18O3/c3*14-9-11-2-5-12(8-11)3-1-4-13(10-12)15-6-7-16-13/h2*11,14H,1-10H2;8-9H,1-7,10H2/t11-,12+;11-,12-;12-/m100/s1. The molecular weight excluding hydrogens is 612 g/mol. The lowest BCUT2D eigenvalue weighted by atomic mass is 9.70. The van der Waals surface area contributed by atoms with Gasteiger partial charge in [0, 0.05) is 51.7 Å². The van der Waals surface area contributed by atoms with Gasteiger partial charge in [-0.25, -0.2) is 0 Å². The van der Waals surface area contributed by atoms with Crippen molar-refractivity contribution >= 4 is 6.29 Å². The first-order valence-electron chi connectivity index (χ1n) is 19.5. The monoisotopic (exact) mass is 674 g/mol. The number of hydrogen-bond donors (Lipinski definition) is 2. The van der Waals surface area contributed by atoms with Crippen LogP contribution in [0.15, 0.2) is 11.6 Å². The highest BCUT2D eigenvalue weighted by atomic mass is 16.7. The van der Waals surface area contributed by atoms with Crippen LogP contribution in [0.2, 0.25) is 0 Å². The van der Waals surface area contributed by atoms with Gasteiger partial charge < -0.3 is 38.6 Å². The Morgan fingerprint density at radius 2 is 1.02 bits per heavy atom. The van der Waals surface area contributed by atoms with Gasteiger partial charge in [-0.1, -0.05) is 6.08 Å². The second kappa shape index (κ2) is 14.6. The van der Waals surface area contributed by atoms with Crippen LogP contribution in [0.5, 0.6) is 0 Å². The van der Waals surface area contributed by atoms with Crippen LogP contribution in [-0.2, 0) is 33.2 Å². The fourth-order valence-electron chi connectivity index (χ4n) is 11.7. The SMILES string of the molecule is O=CC1=C[C@]2(CCCC3(C2)OCCO3)CC1.OC[C@@H]1CC[C@@]2(CCCC3(C2)OCCO3)C1.OC[C@H]1CC[C@@]2(CCCC3(C2)OCCO3)C1. The van der Waals surface area contributed by atoms with Gasteiger partial charge in [0.2, 0.25) is 0 Å². The van der Waals surface area contributed by atoms with Gasteiger partial charge in [-0.05, 0) is 124 Å². The molecule has 0 amide bonds. The summed E-state index contributed by atoms with van der Waals surface area (Å²) in [6.45, 7) is 5.21. The zero-order valence-electron chi connectivity index (χ0n) is 29.4. The van der Waals surface area contributed by atoms with Gasteiger partial charge in [-0.2, -0.15) is 0 Å². The summed E-state index contributed by atoms with van der Waals surface area (Å²) >= 11 is 0. The van der Waals surface area contributed by atoms with E-state index >= 15 is 0 Å². The average molecular weight is 675 g/mol. The molecule has 272 valence electrons. The third-order valence-electron chi connectivity index (χ3n) is 13.8. The highest BCUT2D eigenvalue weighted by Crippen LogP contribution is 2.57. The molecule has 2 N–H and O–H groups in total. The first kappa shape index (κ1) is 35.5. The van der Waals surface area contributed by atoms with Gasteiger partial charge in [0.1, 0.15) is 6.29 Å². The maximum absolute atomic E-state index is 10.8. The fourth-order valence-corrected chi connectivity index (χ4v) is 11.7. The zero-order valence-corrected chi connectivity index (χ0v) is 29.4. The van der Waals surface area contributed by atoms with Crippen LogP contribution >= 0.6 is 0 Å². The van der Waals surface area contributed by atoms with E-state index in [1.54, 1.807) is 0 Å². The summed E-state index contributed by atoms with van der Waals surface area (Å²) in [5, 5.41) is 18.5. The maximum atomic E-state index is 10.8. The first-order valence-corrected chi connectivity index (χ1v) is 19.5. The van der Waals surface area contributed by atoms with Gasteiger partial charge in [-0.15, -0.1) is 0 Å². The highest BCUT2D eigenvalue weighted by molar-refractivity contribution is 5.74. The fraction of sp³-hybridized carbons (Fsp3) is 0.923. The van der Waals surface area contributed by atoms with Crippen molar-refractivity contribution in [2.45, 2.75) is 146 Å². The summed E-state index contributed by atoms with van der Waals surface area (Å²) in [6, 6.07) is 0. The summed E-state index contributed by atoms with van der Waals surface area (Å²) in [6.07, 6.45) is 26.1. The molecule has 0 unspecified atom stereocenters. The molecule has 0 bridgehead atoms. The minimum atomic E-state index is -0.326. The number of aliphatic hydroxyl groups excluding tert-OH is 2. The number of allylic oxidation sites excluding steroid dienone is 2. The molecule has 9 rings (SSSR count). The molecule has 0 aromatic rings. The molecule has 8 fully saturated rings.